The van der Waals surface area contributed by atoms with Crippen molar-refractivity contribution in [1.29, 1.82) is 0 Å². The predicted molar refractivity (Wildman–Crippen MR) is 87.1 cm³/mol. The first-order valence-corrected chi connectivity index (χ1v) is 8.46. The highest BCUT2D eigenvalue weighted by molar-refractivity contribution is 7.09. The molecule has 112 valence electrons. The minimum absolute atomic E-state index is 0.689. The van der Waals surface area contributed by atoms with E-state index < -0.39 is 0 Å². The van der Waals surface area contributed by atoms with Crippen molar-refractivity contribution >= 4 is 11.3 Å². The fourth-order valence-electron chi connectivity index (χ4n) is 2.35. The number of hydrogen-bond acceptors (Lipinski definition) is 4. The molecule has 0 atom stereocenters. The molecule has 0 amide bonds. The molecular formula is C17H22N2OS. The first-order valence-electron chi connectivity index (χ1n) is 7.58. The Bertz CT molecular complexity index is 584. The molecular weight excluding hydrogens is 280 g/mol. The summed E-state index contributed by atoms with van der Waals surface area (Å²) in [6, 6.07) is 6.99. The lowest BCUT2D eigenvalue weighted by Crippen LogP contribution is -2.15. The molecule has 0 radical (unpaired) electrons. The van der Waals surface area contributed by atoms with Crippen LogP contribution in [0.1, 0.15) is 34.7 Å². The Morgan fingerprint density at radius 2 is 2.05 bits per heavy atom. The van der Waals surface area contributed by atoms with Crippen molar-refractivity contribution in [3.63, 3.8) is 0 Å². The zero-order valence-corrected chi connectivity index (χ0v) is 13.5. The molecule has 2 aromatic rings. The lowest BCUT2D eigenvalue weighted by atomic mass is 10.1. The van der Waals surface area contributed by atoms with Crippen molar-refractivity contribution in [3.8, 4) is 5.75 Å². The smallest absolute Gasteiger partial charge is 0.125 e. The molecule has 1 saturated carbocycles. The summed E-state index contributed by atoms with van der Waals surface area (Å²) in [5, 5.41) is 6.81. The summed E-state index contributed by atoms with van der Waals surface area (Å²) in [6.45, 7) is 5.77. The van der Waals surface area contributed by atoms with Gasteiger partial charge in [-0.2, -0.15) is 0 Å². The van der Waals surface area contributed by atoms with E-state index in [2.05, 4.69) is 47.7 Å². The third-order valence-electron chi connectivity index (χ3n) is 3.72. The van der Waals surface area contributed by atoms with Crippen molar-refractivity contribution in [2.24, 2.45) is 0 Å². The van der Waals surface area contributed by atoms with Gasteiger partial charge in [0.1, 0.15) is 5.75 Å². The Morgan fingerprint density at radius 3 is 2.76 bits per heavy atom. The molecule has 0 bridgehead atoms. The van der Waals surface area contributed by atoms with E-state index in [4.69, 9.17) is 4.74 Å². The molecule has 0 aliphatic heterocycles. The monoisotopic (exact) mass is 302 g/mol. The molecule has 0 unspecified atom stereocenters. The van der Waals surface area contributed by atoms with Crippen LogP contribution in [-0.4, -0.2) is 17.6 Å². The maximum atomic E-state index is 5.94. The van der Waals surface area contributed by atoms with Crippen molar-refractivity contribution in [2.75, 3.05) is 6.61 Å². The topological polar surface area (TPSA) is 34.1 Å². The van der Waals surface area contributed by atoms with Gasteiger partial charge < -0.3 is 10.1 Å². The summed E-state index contributed by atoms with van der Waals surface area (Å²) in [5.41, 5.74) is 3.56. The highest BCUT2D eigenvalue weighted by Crippen LogP contribution is 2.23. The average Bonchev–Trinajstić information content (AvgIpc) is 3.19. The molecule has 1 aromatic carbocycles. The lowest BCUT2D eigenvalue weighted by molar-refractivity contribution is 0.317. The second kappa shape index (κ2) is 6.58. The minimum atomic E-state index is 0.689. The van der Waals surface area contributed by atoms with E-state index in [1.54, 1.807) is 11.3 Å². The zero-order chi connectivity index (χ0) is 14.7. The second-order valence-corrected chi connectivity index (χ2v) is 6.65. The molecule has 0 spiro atoms. The summed E-state index contributed by atoms with van der Waals surface area (Å²) in [7, 11) is 0. The Morgan fingerprint density at radius 1 is 1.29 bits per heavy atom. The van der Waals surface area contributed by atoms with Gasteiger partial charge in [-0.1, -0.05) is 18.2 Å². The molecule has 3 nitrogen and oxygen atoms in total. The van der Waals surface area contributed by atoms with E-state index in [0.29, 0.717) is 6.61 Å². The third kappa shape index (κ3) is 4.05. The fourth-order valence-corrected chi connectivity index (χ4v) is 3.13. The van der Waals surface area contributed by atoms with Crippen molar-refractivity contribution < 1.29 is 4.74 Å². The van der Waals surface area contributed by atoms with Crippen LogP contribution in [0, 0.1) is 13.8 Å². The lowest BCUT2D eigenvalue weighted by Gasteiger charge is -2.11. The second-order valence-electron chi connectivity index (χ2n) is 5.71. The molecule has 3 rings (SSSR count). The summed E-state index contributed by atoms with van der Waals surface area (Å²) in [5.74, 6) is 1.02. The molecule has 1 heterocycles. The number of para-hydroxylation sites is 1. The van der Waals surface area contributed by atoms with Crippen LogP contribution < -0.4 is 10.1 Å². The van der Waals surface area contributed by atoms with Gasteiger partial charge in [-0.05, 0) is 37.8 Å². The van der Waals surface area contributed by atoms with E-state index in [-0.39, 0.29) is 0 Å². The number of aromatic nitrogens is 1. The normalized spacial score (nSPS) is 14.4. The van der Waals surface area contributed by atoms with Gasteiger partial charge in [-0.3, -0.25) is 0 Å². The van der Waals surface area contributed by atoms with Gasteiger partial charge in [-0.25, -0.2) is 4.98 Å². The SMILES string of the molecule is Cc1cccc(C)c1OCCc1nc(CNC2CC2)cs1. The van der Waals surface area contributed by atoms with E-state index in [1.165, 1.54) is 24.0 Å². The van der Waals surface area contributed by atoms with Crippen molar-refractivity contribution in [2.45, 2.75) is 45.7 Å². The van der Waals surface area contributed by atoms with Gasteiger partial charge in [0.25, 0.3) is 0 Å². The highest BCUT2D eigenvalue weighted by atomic mass is 32.1. The average molecular weight is 302 g/mol. The Labute approximate surface area is 130 Å². The maximum absolute atomic E-state index is 5.94. The van der Waals surface area contributed by atoms with Crippen LogP contribution in [-0.2, 0) is 13.0 Å². The third-order valence-corrected chi connectivity index (χ3v) is 4.68. The molecule has 4 heteroatoms. The van der Waals surface area contributed by atoms with Gasteiger partial charge >= 0.3 is 0 Å². The summed E-state index contributed by atoms with van der Waals surface area (Å²) >= 11 is 1.73. The van der Waals surface area contributed by atoms with Crippen LogP contribution in [0.25, 0.3) is 0 Å². The number of nitrogens with one attached hydrogen (secondary N) is 1. The number of benzene rings is 1. The van der Waals surface area contributed by atoms with Gasteiger partial charge in [0.15, 0.2) is 0 Å². The van der Waals surface area contributed by atoms with E-state index in [0.717, 1.165) is 35.5 Å². The van der Waals surface area contributed by atoms with E-state index in [1.807, 2.05) is 0 Å². The molecule has 1 aromatic heterocycles. The first kappa shape index (κ1) is 14.5. The standard InChI is InChI=1S/C17H22N2OS/c1-12-4-3-5-13(2)17(12)20-9-8-16-19-15(11-21-16)10-18-14-6-7-14/h3-5,11,14,18H,6-10H2,1-2H3. The van der Waals surface area contributed by atoms with Crippen LogP contribution in [0.3, 0.4) is 0 Å². The first-order chi connectivity index (χ1) is 10.2. The number of ether oxygens (including phenoxy) is 1. The molecule has 21 heavy (non-hydrogen) atoms. The number of hydrogen-bond donors (Lipinski definition) is 1. The molecule has 1 N–H and O–H groups in total. The predicted octanol–water partition coefficient (Wildman–Crippen LogP) is 3.63. The van der Waals surface area contributed by atoms with Crippen LogP contribution in [0.5, 0.6) is 5.75 Å². The number of rotatable bonds is 7. The van der Waals surface area contributed by atoms with Crippen LogP contribution in [0.15, 0.2) is 23.6 Å². The summed E-state index contributed by atoms with van der Waals surface area (Å²) in [6.07, 6.45) is 3.52. The van der Waals surface area contributed by atoms with Gasteiger partial charge in [0.2, 0.25) is 0 Å². The Hall–Kier alpha value is -1.39. The van der Waals surface area contributed by atoms with Crippen LogP contribution in [0.4, 0.5) is 0 Å². The fraction of sp³-hybridized carbons (Fsp3) is 0.471. The molecule has 1 aliphatic rings. The maximum Gasteiger partial charge on any atom is 0.125 e. The number of aryl methyl sites for hydroxylation is 2. The molecule has 1 aliphatic carbocycles. The van der Waals surface area contributed by atoms with Gasteiger partial charge in [0, 0.05) is 24.4 Å². The highest BCUT2D eigenvalue weighted by Gasteiger charge is 2.20. The Balaban J connectivity index is 1.48. The van der Waals surface area contributed by atoms with Crippen molar-refractivity contribution in [3.05, 3.63) is 45.4 Å². The quantitative estimate of drug-likeness (QED) is 0.848. The van der Waals surface area contributed by atoms with Crippen LogP contribution >= 0.6 is 11.3 Å². The van der Waals surface area contributed by atoms with E-state index >= 15 is 0 Å². The number of thiazole rings is 1. The van der Waals surface area contributed by atoms with Crippen molar-refractivity contribution in [1.82, 2.24) is 10.3 Å². The van der Waals surface area contributed by atoms with Gasteiger partial charge in [-0.15, -0.1) is 11.3 Å². The van der Waals surface area contributed by atoms with E-state index in [9.17, 15) is 0 Å². The summed E-state index contributed by atoms with van der Waals surface area (Å²) < 4.78 is 5.94. The molecule has 1 fully saturated rings. The number of nitrogens with zero attached hydrogens (tertiary/aromatic N) is 1. The minimum Gasteiger partial charge on any atom is -0.493 e. The summed E-state index contributed by atoms with van der Waals surface area (Å²) in [4.78, 5) is 4.66. The van der Waals surface area contributed by atoms with Gasteiger partial charge in [0.05, 0.1) is 17.3 Å². The molecule has 0 saturated heterocycles. The Kier molecular flexibility index (Phi) is 4.56. The van der Waals surface area contributed by atoms with Crippen LogP contribution in [0.2, 0.25) is 0 Å². The largest absolute Gasteiger partial charge is 0.493 e. The zero-order valence-electron chi connectivity index (χ0n) is 12.7.